The summed E-state index contributed by atoms with van der Waals surface area (Å²) >= 11 is 0. The van der Waals surface area contributed by atoms with E-state index >= 15 is 0 Å². The first-order chi connectivity index (χ1) is 13.7. The van der Waals surface area contributed by atoms with Gasteiger partial charge in [0, 0.05) is 23.5 Å². The normalized spacial score (nSPS) is 14.5. The highest BCUT2D eigenvalue weighted by molar-refractivity contribution is 5.70. The van der Waals surface area contributed by atoms with Crippen LogP contribution in [0.5, 0.6) is 5.75 Å². The van der Waals surface area contributed by atoms with Crippen molar-refractivity contribution in [3.63, 3.8) is 0 Å². The molecule has 0 saturated carbocycles. The maximum atomic E-state index is 11.1. The summed E-state index contributed by atoms with van der Waals surface area (Å²) in [6, 6.07) is 21.1. The van der Waals surface area contributed by atoms with Gasteiger partial charge in [-0.05, 0) is 42.0 Å². The first-order valence-electron chi connectivity index (χ1n) is 8.79. The Kier molecular flexibility index (Phi) is 6.64. The van der Waals surface area contributed by atoms with Crippen LogP contribution in [0.1, 0.15) is 22.7 Å². The van der Waals surface area contributed by atoms with Gasteiger partial charge in [-0.15, -0.1) is 0 Å². The molecule has 5 nitrogen and oxygen atoms in total. The predicted octanol–water partition coefficient (Wildman–Crippen LogP) is 3.96. The number of rotatable bonds is 2. The summed E-state index contributed by atoms with van der Waals surface area (Å²) in [5.41, 5.74) is 2.76. The number of cyclic esters (lactones) is 1. The minimum atomic E-state index is -0.373. The maximum Gasteiger partial charge on any atom is 0.407 e. The zero-order valence-electron chi connectivity index (χ0n) is 15.5. The average molecular weight is 372 g/mol. The van der Waals surface area contributed by atoms with E-state index in [9.17, 15) is 4.79 Å². The largest absolute Gasteiger partial charge is 0.497 e. The van der Waals surface area contributed by atoms with E-state index in [4.69, 9.17) is 9.47 Å². The van der Waals surface area contributed by atoms with Crippen LogP contribution in [0.4, 0.5) is 4.79 Å². The van der Waals surface area contributed by atoms with Gasteiger partial charge in [-0.2, -0.15) is 0 Å². The molecular formula is C23H20N2O3. The standard InChI is InChI=1S/C16H12N2O2.C7H8O/c19-16-18-15(11-20-16)14-5-1-3-12(9-14)6-7-13-4-2-8-17-10-13;1-8-7-5-3-2-4-6-7/h1-5,8-10,15H,11H2,(H,18,19);2-6H,1H3/t15-;/m0./s1. The van der Waals surface area contributed by atoms with Crippen LogP contribution in [-0.2, 0) is 4.74 Å². The Labute approximate surface area is 164 Å². The third-order valence-electron chi connectivity index (χ3n) is 3.95. The van der Waals surface area contributed by atoms with Crippen LogP contribution in [0, 0.1) is 11.8 Å². The molecule has 1 saturated heterocycles. The number of benzene rings is 2. The zero-order valence-corrected chi connectivity index (χ0v) is 15.5. The van der Waals surface area contributed by atoms with Crippen molar-refractivity contribution in [2.24, 2.45) is 0 Å². The Morgan fingerprint density at radius 2 is 1.82 bits per heavy atom. The lowest BCUT2D eigenvalue weighted by atomic mass is 10.0. The maximum absolute atomic E-state index is 11.1. The summed E-state index contributed by atoms with van der Waals surface area (Å²) in [7, 11) is 1.66. The van der Waals surface area contributed by atoms with Crippen molar-refractivity contribution in [3.05, 3.63) is 95.8 Å². The van der Waals surface area contributed by atoms with Gasteiger partial charge in [0.05, 0.1) is 13.2 Å². The van der Waals surface area contributed by atoms with Crippen LogP contribution in [0.3, 0.4) is 0 Å². The van der Waals surface area contributed by atoms with Gasteiger partial charge in [0.1, 0.15) is 12.4 Å². The summed E-state index contributed by atoms with van der Waals surface area (Å²) in [6.07, 6.45) is 3.07. The Morgan fingerprint density at radius 3 is 2.46 bits per heavy atom. The number of amides is 1. The third-order valence-corrected chi connectivity index (χ3v) is 3.95. The molecule has 1 atom stereocenters. The number of alkyl carbamates (subject to hydrolysis) is 1. The van der Waals surface area contributed by atoms with E-state index in [1.807, 2.05) is 66.7 Å². The first kappa shape index (κ1) is 19.0. The molecule has 0 bridgehead atoms. The summed E-state index contributed by atoms with van der Waals surface area (Å²) in [4.78, 5) is 15.1. The predicted molar refractivity (Wildman–Crippen MR) is 107 cm³/mol. The number of para-hydroxylation sites is 1. The number of methoxy groups -OCH3 is 1. The second kappa shape index (κ2) is 9.79. The summed E-state index contributed by atoms with van der Waals surface area (Å²) in [5, 5.41) is 2.75. The molecule has 1 aliphatic rings. The summed E-state index contributed by atoms with van der Waals surface area (Å²) in [6.45, 7) is 0.359. The van der Waals surface area contributed by atoms with Gasteiger partial charge in [0.25, 0.3) is 0 Å². The number of hydrogen-bond donors (Lipinski definition) is 1. The molecule has 1 fully saturated rings. The Hall–Kier alpha value is -3.78. The van der Waals surface area contributed by atoms with E-state index in [1.165, 1.54) is 0 Å². The molecule has 0 unspecified atom stereocenters. The van der Waals surface area contributed by atoms with Crippen molar-refractivity contribution >= 4 is 6.09 Å². The number of hydrogen-bond acceptors (Lipinski definition) is 4. The van der Waals surface area contributed by atoms with Crippen molar-refractivity contribution in [3.8, 4) is 17.6 Å². The van der Waals surface area contributed by atoms with Crippen molar-refractivity contribution < 1.29 is 14.3 Å². The van der Waals surface area contributed by atoms with E-state index in [0.717, 1.165) is 22.4 Å². The van der Waals surface area contributed by atoms with Crippen molar-refractivity contribution in [2.45, 2.75) is 6.04 Å². The van der Waals surface area contributed by atoms with Crippen molar-refractivity contribution in [2.75, 3.05) is 13.7 Å². The minimum absolute atomic E-state index is 0.0948. The van der Waals surface area contributed by atoms with E-state index in [1.54, 1.807) is 19.5 Å². The highest BCUT2D eigenvalue weighted by Crippen LogP contribution is 2.18. The molecule has 0 radical (unpaired) electrons. The molecule has 1 aliphatic heterocycles. The van der Waals surface area contributed by atoms with Crippen LogP contribution in [0.25, 0.3) is 0 Å². The second-order valence-electron chi connectivity index (χ2n) is 5.93. The fourth-order valence-electron chi connectivity index (χ4n) is 2.53. The van der Waals surface area contributed by atoms with E-state index in [0.29, 0.717) is 6.61 Å². The van der Waals surface area contributed by atoms with Crippen LogP contribution in [0.15, 0.2) is 79.1 Å². The van der Waals surface area contributed by atoms with Gasteiger partial charge < -0.3 is 14.8 Å². The Balaban J connectivity index is 0.000000236. The minimum Gasteiger partial charge on any atom is -0.497 e. The molecule has 3 aromatic rings. The summed E-state index contributed by atoms with van der Waals surface area (Å²) < 4.78 is 9.81. The van der Waals surface area contributed by atoms with Crippen LogP contribution >= 0.6 is 0 Å². The molecule has 1 amide bonds. The molecule has 2 aromatic carbocycles. The molecule has 140 valence electrons. The Bertz CT molecular complexity index is 963. The molecule has 28 heavy (non-hydrogen) atoms. The third kappa shape index (κ3) is 5.61. The monoisotopic (exact) mass is 372 g/mol. The zero-order chi connectivity index (χ0) is 19.6. The summed E-state index contributed by atoms with van der Waals surface area (Å²) in [5.74, 6) is 7.06. The van der Waals surface area contributed by atoms with Crippen LogP contribution in [0.2, 0.25) is 0 Å². The molecular weight excluding hydrogens is 352 g/mol. The number of pyridine rings is 1. The molecule has 0 aliphatic carbocycles. The van der Waals surface area contributed by atoms with E-state index in [2.05, 4.69) is 22.1 Å². The number of carbonyl (C=O) groups excluding carboxylic acids is 1. The second-order valence-corrected chi connectivity index (χ2v) is 5.93. The lowest BCUT2D eigenvalue weighted by molar-refractivity contribution is 0.177. The van der Waals surface area contributed by atoms with E-state index < -0.39 is 0 Å². The van der Waals surface area contributed by atoms with E-state index in [-0.39, 0.29) is 12.1 Å². The first-order valence-corrected chi connectivity index (χ1v) is 8.79. The Morgan fingerprint density at radius 1 is 1.04 bits per heavy atom. The van der Waals surface area contributed by atoms with Gasteiger partial charge in [-0.25, -0.2) is 4.79 Å². The molecule has 5 heteroatoms. The highest BCUT2D eigenvalue weighted by Gasteiger charge is 2.23. The van der Waals surface area contributed by atoms with Gasteiger partial charge in [0.2, 0.25) is 0 Å². The molecule has 1 aromatic heterocycles. The van der Waals surface area contributed by atoms with Crippen LogP contribution in [-0.4, -0.2) is 24.8 Å². The topological polar surface area (TPSA) is 60.5 Å². The number of nitrogens with zero attached hydrogens (tertiary/aromatic N) is 1. The lowest BCUT2D eigenvalue weighted by Gasteiger charge is -2.07. The molecule has 0 spiro atoms. The van der Waals surface area contributed by atoms with Crippen molar-refractivity contribution in [1.29, 1.82) is 0 Å². The quantitative estimate of drug-likeness (QED) is 0.692. The lowest BCUT2D eigenvalue weighted by Crippen LogP contribution is -2.18. The molecule has 1 N–H and O–H groups in total. The molecule has 4 rings (SSSR count). The van der Waals surface area contributed by atoms with Gasteiger partial charge >= 0.3 is 6.09 Å². The molecule has 2 heterocycles. The fraction of sp³-hybridized carbons (Fsp3) is 0.130. The average Bonchev–Trinajstić information content (AvgIpc) is 3.21. The number of aromatic nitrogens is 1. The fourth-order valence-corrected chi connectivity index (χ4v) is 2.53. The van der Waals surface area contributed by atoms with Gasteiger partial charge in [-0.1, -0.05) is 42.2 Å². The van der Waals surface area contributed by atoms with Crippen molar-refractivity contribution in [1.82, 2.24) is 10.3 Å². The number of carbonyl (C=O) groups is 1. The smallest absolute Gasteiger partial charge is 0.407 e. The van der Waals surface area contributed by atoms with Gasteiger partial charge in [0.15, 0.2) is 0 Å². The number of ether oxygens (including phenoxy) is 2. The SMILES string of the molecule is COc1ccccc1.O=C1N[C@H](c2cccc(C#Cc3cccnc3)c2)CO1. The van der Waals surface area contributed by atoms with Gasteiger partial charge in [-0.3, -0.25) is 4.98 Å². The van der Waals surface area contributed by atoms with Crippen LogP contribution < -0.4 is 10.1 Å². The highest BCUT2D eigenvalue weighted by atomic mass is 16.6. The number of nitrogens with one attached hydrogen (secondary N) is 1.